The molecule has 3 rings (SSSR count). The van der Waals surface area contributed by atoms with E-state index in [0.717, 1.165) is 41.5 Å². The number of aliphatic hydroxyl groups excluding tert-OH is 5. The molecule has 5 atom stereocenters. The number of hydrogen-bond acceptors (Lipinski definition) is 15. The number of aromatic nitrogens is 2. The molecule has 20 heteroatoms. The summed E-state index contributed by atoms with van der Waals surface area (Å²) < 4.78 is 0. The lowest BCUT2D eigenvalue weighted by molar-refractivity contribution is -0.150. The summed E-state index contributed by atoms with van der Waals surface area (Å²) in [5.74, 6) is -2.48. The molecule has 0 aliphatic rings. The smallest absolute Gasteiger partial charge is 0.326 e. The molecule has 0 bridgehead atoms. The van der Waals surface area contributed by atoms with Gasteiger partial charge in [0.15, 0.2) is 28.4 Å². The number of carbonyl (C=O) groups is 3. The molecule has 1 aromatic heterocycles. The van der Waals surface area contributed by atoms with Gasteiger partial charge < -0.3 is 63.8 Å². The number of halogens is 1. The van der Waals surface area contributed by atoms with E-state index < -0.39 is 48.9 Å². The van der Waals surface area contributed by atoms with Gasteiger partial charge in [-0.2, -0.15) is 0 Å². The number of carboxylic acids is 1. The number of amides is 2. The minimum absolute atomic E-state index is 0.0877. The molecule has 0 radical (unpaired) electrons. The van der Waals surface area contributed by atoms with Gasteiger partial charge in [-0.3, -0.25) is 19.9 Å². The van der Waals surface area contributed by atoms with Crippen molar-refractivity contribution in [3.05, 3.63) is 70.5 Å². The highest BCUT2D eigenvalue weighted by molar-refractivity contribution is 6.31. The molecule has 0 fully saturated rings. The number of nitrogens with two attached hydrogens (primary N) is 4. The maximum Gasteiger partial charge on any atom is 0.326 e. The van der Waals surface area contributed by atoms with Gasteiger partial charge in [0, 0.05) is 26.1 Å². The fourth-order valence-corrected chi connectivity index (χ4v) is 6.37. The van der Waals surface area contributed by atoms with E-state index in [-0.39, 0.29) is 66.8 Å². The summed E-state index contributed by atoms with van der Waals surface area (Å²) in [6.45, 7) is 0.236. The number of nitrogen functional groups attached to an aromatic ring is 2. The predicted molar refractivity (Wildman–Crippen MR) is 228 cm³/mol. The van der Waals surface area contributed by atoms with Crippen molar-refractivity contribution in [3.63, 3.8) is 0 Å². The Hall–Kier alpha value is -4.99. The summed E-state index contributed by atoms with van der Waals surface area (Å²) in [4.78, 5) is 51.4. The largest absolute Gasteiger partial charge is 0.480 e. The first kappa shape index (κ1) is 49.4. The molecule has 60 heavy (non-hydrogen) atoms. The molecular formula is C40H59ClN10O9. The summed E-state index contributed by atoms with van der Waals surface area (Å²) in [6.07, 6.45) is -1.93. The Morgan fingerprint density at radius 3 is 2.03 bits per heavy atom. The van der Waals surface area contributed by atoms with Gasteiger partial charge in [-0.05, 0) is 86.7 Å². The number of nitrogens with one attached hydrogen (secondary N) is 2. The van der Waals surface area contributed by atoms with Crippen LogP contribution in [0.2, 0.25) is 5.15 Å². The number of aliphatic carboxylic acids is 1. The van der Waals surface area contributed by atoms with E-state index in [1.165, 1.54) is 4.90 Å². The molecule has 0 unspecified atom stereocenters. The molecule has 2 aromatic carbocycles. The van der Waals surface area contributed by atoms with Crippen LogP contribution >= 0.6 is 11.6 Å². The Kier molecular flexibility index (Phi) is 21.1. The van der Waals surface area contributed by atoms with E-state index >= 15 is 0 Å². The molecule has 0 aliphatic carbocycles. The third-order valence-corrected chi connectivity index (χ3v) is 10.0. The van der Waals surface area contributed by atoms with Crippen molar-refractivity contribution in [2.24, 2.45) is 16.5 Å². The lowest BCUT2D eigenvalue weighted by Gasteiger charge is -2.30. The van der Waals surface area contributed by atoms with Crippen molar-refractivity contribution in [2.45, 2.75) is 88.2 Å². The number of anilines is 2. The number of carbonyl (C=O) groups excluding carboxylic acids is 2. The van der Waals surface area contributed by atoms with Crippen LogP contribution in [0.5, 0.6) is 0 Å². The van der Waals surface area contributed by atoms with Gasteiger partial charge >= 0.3 is 5.97 Å². The van der Waals surface area contributed by atoms with Crippen molar-refractivity contribution >= 4 is 47.0 Å². The number of unbranched alkanes of at least 4 members (excludes halogenated alkanes) is 2. The molecule has 2 amide bonds. The Bertz CT molecular complexity index is 1840. The molecule has 16 N–H and O–H groups in total. The Morgan fingerprint density at radius 2 is 1.43 bits per heavy atom. The quantitative estimate of drug-likeness (QED) is 0.0282. The zero-order valence-electron chi connectivity index (χ0n) is 33.5. The predicted octanol–water partition coefficient (Wildman–Crippen LogP) is -0.212. The second kappa shape index (κ2) is 25.6. The normalized spacial score (nSPS) is 14.2. The minimum Gasteiger partial charge on any atom is -0.480 e. The molecule has 330 valence electrons. The van der Waals surface area contributed by atoms with Crippen LogP contribution in [0, 0.1) is 0 Å². The highest BCUT2D eigenvalue weighted by atomic mass is 35.5. The van der Waals surface area contributed by atoms with E-state index in [0.29, 0.717) is 38.8 Å². The summed E-state index contributed by atoms with van der Waals surface area (Å²) in [7, 11) is 0. The number of benzene rings is 2. The molecule has 19 nitrogen and oxygen atoms in total. The SMILES string of the molecule is NCCCC[C@H](C(=O)O)N(CCCNC[C@H](O)[C@@H](O)[C@H](O)[C@H](O)CO)C(=O)CCc1ccc(-c2ccc(CCCCN=C(N)NC(=O)c3nc(Cl)c(N)nc3N)cc2)cc1. The number of hydrogen-bond donors (Lipinski definition) is 12. The van der Waals surface area contributed by atoms with E-state index in [4.69, 9.17) is 39.6 Å². The zero-order chi connectivity index (χ0) is 44.2. The van der Waals surface area contributed by atoms with Crippen LogP contribution in [0.3, 0.4) is 0 Å². The Morgan fingerprint density at radius 1 is 0.817 bits per heavy atom. The van der Waals surface area contributed by atoms with Crippen LogP contribution in [-0.4, -0.2) is 139 Å². The molecule has 0 saturated heterocycles. The minimum atomic E-state index is -1.75. The summed E-state index contributed by atoms with van der Waals surface area (Å²) >= 11 is 5.83. The van der Waals surface area contributed by atoms with Crippen LogP contribution < -0.4 is 33.6 Å². The third-order valence-electron chi connectivity index (χ3n) is 9.73. The number of nitrogens with zero attached hydrogens (tertiary/aromatic N) is 4. The number of rotatable bonds is 26. The number of aliphatic hydroxyl groups is 5. The van der Waals surface area contributed by atoms with E-state index in [9.17, 15) is 39.9 Å². The summed E-state index contributed by atoms with van der Waals surface area (Å²) in [5, 5.41) is 63.7. The topological polar surface area (TPSA) is 342 Å². The van der Waals surface area contributed by atoms with Crippen LogP contribution in [0.4, 0.5) is 11.6 Å². The van der Waals surface area contributed by atoms with Gasteiger partial charge in [0.25, 0.3) is 5.91 Å². The van der Waals surface area contributed by atoms with Crippen molar-refractivity contribution in [1.82, 2.24) is 25.5 Å². The Balaban J connectivity index is 1.48. The van der Waals surface area contributed by atoms with Gasteiger partial charge in [-0.25, -0.2) is 14.8 Å². The van der Waals surface area contributed by atoms with Crippen LogP contribution in [0.25, 0.3) is 11.1 Å². The second-order valence-corrected chi connectivity index (χ2v) is 14.6. The van der Waals surface area contributed by atoms with Crippen molar-refractivity contribution in [1.29, 1.82) is 0 Å². The summed E-state index contributed by atoms with van der Waals surface area (Å²) in [6, 6.07) is 15.0. The Labute approximate surface area is 353 Å². The average Bonchev–Trinajstić information content (AvgIpc) is 3.23. The molecule has 0 spiro atoms. The second-order valence-electron chi connectivity index (χ2n) is 14.3. The lowest BCUT2D eigenvalue weighted by Crippen LogP contribution is -2.49. The monoisotopic (exact) mass is 858 g/mol. The van der Waals surface area contributed by atoms with Gasteiger partial charge in [0.05, 0.1) is 12.7 Å². The number of carboxylic acid groups (broad SMARTS) is 1. The highest BCUT2D eigenvalue weighted by Gasteiger charge is 2.31. The highest BCUT2D eigenvalue weighted by Crippen LogP contribution is 2.22. The van der Waals surface area contributed by atoms with Gasteiger partial charge in [-0.1, -0.05) is 60.1 Å². The third kappa shape index (κ3) is 15.9. The molecular weight excluding hydrogens is 800 g/mol. The van der Waals surface area contributed by atoms with E-state index in [1.807, 2.05) is 36.4 Å². The van der Waals surface area contributed by atoms with Crippen molar-refractivity contribution < 1.29 is 45.0 Å². The van der Waals surface area contributed by atoms with Crippen LogP contribution in [0.15, 0.2) is 53.5 Å². The molecule has 0 saturated carbocycles. The molecule has 0 aliphatic heterocycles. The average molecular weight is 859 g/mol. The fourth-order valence-electron chi connectivity index (χ4n) is 6.24. The number of guanidine groups is 1. The summed E-state index contributed by atoms with van der Waals surface area (Å²) in [5.41, 5.74) is 26.6. The first-order valence-corrected chi connectivity index (χ1v) is 20.2. The van der Waals surface area contributed by atoms with Crippen molar-refractivity contribution in [3.8, 4) is 11.1 Å². The maximum absolute atomic E-state index is 13.5. The van der Waals surface area contributed by atoms with Crippen molar-refractivity contribution in [2.75, 3.05) is 50.8 Å². The number of aryl methyl sites for hydroxylation is 2. The van der Waals surface area contributed by atoms with Crippen LogP contribution in [-0.2, 0) is 22.4 Å². The van der Waals surface area contributed by atoms with Gasteiger partial charge in [0.1, 0.15) is 24.4 Å². The molecule has 1 heterocycles. The first-order valence-electron chi connectivity index (χ1n) is 19.8. The van der Waals surface area contributed by atoms with Crippen LogP contribution in [0.1, 0.15) is 66.6 Å². The number of aliphatic imine (C=N–C) groups is 1. The van der Waals surface area contributed by atoms with Gasteiger partial charge in [-0.15, -0.1) is 0 Å². The van der Waals surface area contributed by atoms with Gasteiger partial charge in [0.2, 0.25) is 5.91 Å². The first-order chi connectivity index (χ1) is 28.7. The molecule has 3 aromatic rings. The zero-order valence-corrected chi connectivity index (χ0v) is 34.3. The standard InChI is InChI=1S/C40H59ClN10O9/c41-35-37(44)49-36(43)32(48-35)38(58)50-40(45)47-20-4-2-6-24-8-13-26(14-9-24)27-15-10-25(11-16-27)12-17-31(55)51(28(39(59)60)7-1-3-18-42)21-5-19-46-22-29(53)33(56)34(57)30(54)23-52/h8-11,13-16,28-30,33-34,46,52-54,56-57H,1-7,12,17-23,42H2,(H,59,60)(H4,43,44,49)(H3,45,47,50,58)/t28-,29+,30-,33-,34-/m1/s1. The fraction of sp³-hybridized carbons (Fsp3) is 0.500. The lowest BCUT2D eigenvalue weighted by atomic mass is 9.99. The van der Waals surface area contributed by atoms with E-state index in [1.54, 1.807) is 0 Å². The maximum atomic E-state index is 13.5. The van der Waals surface area contributed by atoms with E-state index in [2.05, 4.69) is 37.7 Å².